The maximum atomic E-state index is 13.6. The topological polar surface area (TPSA) is 12.0 Å². The summed E-state index contributed by atoms with van der Waals surface area (Å²) in [5.41, 5.74) is 2.86. The lowest BCUT2D eigenvalue weighted by Gasteiger charge is -2.10. The van der Waals surface area contributed by atoms with Gasteiger partial charge in [0.1, 0.15) is 6.17 Å². The average molecular weight is 189 g/mol. The summed E-state index contributed by atoms with van der Waals surface area (Å²) >= 11 is 0. The lowest BCUT2D eigenvalue weighted by atomic mass is 10.0. The van der Waals surface area contributed by atoms with Crippen LogP contribution in [-0.4, -0.2) is 6.54 Å². The van der Waals surface area contributed by atoms with Crippen LogP contribution in [0.4, 0.5) is 10.1 Å². The molecule has 0 fully saturated rings. The van der Waals surface area contributed by atoms with Crippen molar-refractivity contribution in [3.8, 4) is 12.3 Å². The summed E-state index contributed by atoms with van der Waals surface area (Å²) in [6.45, 7) is 0.898. The first-order valence-electron chi connectivity index (χ1n) is 4.76. The summed E-state index contributed by atoms with van der Waals surface area (Å²) in [7, 11) is 0. The molecule has 1 heterocycles. The fraction of sp³-hybridized carbons (Fsp3) is 0.333. The molecule has 0 spiro atoms. The molecule has 1 atom stereocenters. The molecule has 0 saturated carbocycles. The van der Waals surface area contributed by atoms with Crippen LogP contribution < -0.4 is 5.32 Å². The van der Waals surface area contributed by atoms with Crippen LogP contribution in [-0.2, 0) is 6.42 Å². The molecule has 0 bridgehead atoms. The highest BCUT2D eigenvalue weighted by atomic mass is 19.1. The van der Waals surface area contributed by atoms with Gasteiger partial charge in [0.25, 0.3) is 0 Å². The predicted molar refractivity (Wildman–Crippen MR) is 55.9 cm³/mol. The van der Waals surface area contributed by atoms with Crippen LogP contribution in [0.15, 0.2) is 18.2 Å². The van der Waals surface area contributed by atoms with Crippen molar-refractivity contribution in [1.29, 1.82) is 0 Å². The quantitative estimate of drug-likeness (QED) is 0.705. The first-order chi connectivity index (χ1) is 6.83. The van der Waals surface area contributed by atoms with Gasteiger partial charge in [-0.25, -0.2) is 4.39 Å². The zero-order chi connectivity index (χ0) is 9.97. The van der Waals surface area contributed by atoms with Gasteiger partial charge in [-0.15, -0.1) is 12.3 Å². The molecule has 72 valence electrons. The molecular weight excluding hydrogens is 177 g/mol. The van der Waals surface area contributed by atoms with Crippen molar-refractivity contribution in [3.05, 3.63) is 29.3 Å². The van der Waals surface area contributed by atoms with Gasteiger partial charge in [0.05, 0.1) is 0 Å². The summed E-state index contributed by atoms with van der Waals surface area (Å²) in [6.07, 6.45) is 5.19. The Labute approximate surface area is 83.3 Å². The smallest absolute Gasteiger partial charge is 0.138 e. The molecule has 2 rings (SSSR count). The molecule has 1 aliphatic rings. The molecule has 14 heavy (non-hydrogen) atoms. The minimum absolute atomic E-state index is 0.151. The zero-order valence-electron chi connectivity index (χ0n) is 7.89. The molecule has 0 amide bonds. The third-order valence-corrected chi connectivity index (χ3v) is 2.51. The third kappa shape index (κ3) is 1.46. The molecule has 1 aromatic rings. The second-order valence-electron chi connectivity index (χ2n) is 3.43. The first-order valence-corrected chi connectivity index (χ1v) is 4.76. The number of fused-ring (bicyclic) bond motifs is 1. The maximum Gasteiger partial charge on any atom is 0.138 e. The minimum Gasteiger partial charge on any atom is -0.384 e. The normalized spacial score (nSPS) is 15.4. The molecule has 2 heteroatoms. The fourth-order valence-corrected chi connectivity index (χ4v) is 1.84. The molecule has 1 nitrogen and oxygen atoms in total. The number of halogens is 1. The van der Waals surface area contributed by atoms with E-state index in [9.17, 15) is 4.39 Å². The van der Waals surface area contributed by atoms with E-state index in [0.717, 1.165) is 18.7 Å². The second kappa shape index (κ2) is 3.71. The number of nitrogens with one attached hydrogen (secondary N) is 1. The molecule has 0 aromatic heterocycles. The second-order valence-corrected chi connectivity index (χ2v) is 3.43. The number of hydrogen-bond acceptors (Lipinski definition) is 1. The Balaban J connectivity index is 2.35. The first kappa shape index (κ1) is 9.08. The highest BCUT2D eigenvalue weighted by Crippen LogP contribution is 2.33. The standard InChI is InChI=1S/C12H12FN/c1-2-4-11(13)10-6-3-5-9-7-8-14-12(9)10/h1,3,5-6,11,14H,4,7-8H2. The van der Waals surface area contributed by atoms with Gasteiger partial charge >= 0.3 is 0 Å². The highest BCUT2D eigenvalue weighted by Gasteiger charge is 2.18. The zero-order valence-corrected chi connectivity index (χ0v) is 7.89. The summed E-state index contributed by atoms with van der Waals surface area (Å²) in [6, 6.07) is 5.73. The van der Waals surface area contributed by atoms with Gasteiger partial charge in [-0.05, 0) is 12.0 Å². The Morgan fingerprint density at radius 2 is 2.43 bits per heavy atom. The van der Waals surface area contributed by atoms with E-state index in [-0.39, 0.29) is 6.42 Å². The summed E-state index contributed by atoms with van der Waals surface area (Å²) < 4.78 is 13.6. The number of alkyl halides is 1. The van der Waals surface area contributed by atoms with E-state index in [1.165, 1.54) is 5.56 Å². The monoisotopic (exact) mass is 189 g/mol. The van der Waals surface area contributed by atoms with Gasteiger partial charge < -0.3 is 5.32 Å². The van der Waals surface area contributed by atoms with E-state index >= 15 is 0 Å². The number of anilines is 1. The predicted octanol–water partition coefficient (Wildman–Crippen LogP) is 2.69. The Kier molecular flexibility index (Phi) is 2.41. The molecular formula is C12H12FN. The summed E-state index contributed by atoms with van der Waals surface area (Å²) in [5, 5.41) is 3.20. The lowest BCUT2D eigenvalue weighted by molar-refractivity contribution is 0.352. The Morgan fingerprint density at radius 3 is 3.21 bits per heavy atom. The van der Waals surface area contributed by atoms with Gasteiger partial charge in [-0.3, -0.25) is 0 Å². The SMILES string of the molecule is C#CCC(F)c1cccc2c1NCC2. The van der Waals surface area contributed by atoms with E-state index in [4.69, 9.17) is 6.42 Å². The molecule has 1 aromatic carbocycles. The lowest BCUT2D eigenvalue weighted by Crippen LogP contribution is -1.98. The fourth-order valence-electron chi connectivity index (χ4n) is 1.84. The van der Waals surface area contributed by atoms with Crippen molar-refractivity contribution >= 4 is 5.69 Å². The van der Waals surface area contributed by atoms with E-state index < -0.39 is 6.17 Å². The summed E-state index contributed by atoms with van der Waals surface area (Å²) in [5.74, 6) is 2.35. The van der Waals surface area contributed by atoms with Crippen LogP contribution in [0.2, 0.25) is 0 Å². The van der Waals surface area contributed by atoms with Crippen LogP contribution in [0.3, 0.4) is 0 Å². The molecule has 0 radical (unpaired) electrons. The van der Waals surface area contributed by atoms with Crippen LogP contribution in [0.1, 0.15) is 23.7 Å². The molecule has 1 aliphatic heterocycles. The van der Waals surface area contributed by atoms with Gasteiger partial charge in [0.15, 0.2) is 0 Å². The molecule has 0 saturated heterocycles. The molecule has 1 unspecified atom stereocenters. The maximum absolute atomic E-state index is 13.6. The third-order valence-electron chi connectivity index (χ3n) is 2.51. The van der Waals surface area contributed by atoms with Gasteiger partial charge in [-0.2, -0.15) is 0 Å². The Morgan fingerprint density at radius 1 is 1.57 bits per heavy atom. The van der Waals surface area contributed by atoms with Crippen molar-refractivity contribution in [2.75, 3.05) is 11.9 Å². The van der Waals surface area contributed by atoms with Gasteiger partial charge in [-0.1, -0.05) is 18.2 Å². The van der Waals surface area contributed by atoms with E-state index in [1.807, 2.05) is 12.1 Å². The van der Waals surface area contributed by atoms with Crippen molar-refractivity contribution in [2.24, 2.45) is 0 Å². The highest BCUT2D eigenvalue weighted by molar-refractivity contribution is 5.62. The largest absolute Gasteiger partial charge is 0.384 e. The average Bonchev–Trinajstić information content (AvgIpc) is 2.65. The number of terminal acetylenes is 1. The van der Waals surface area contributed by atoms with Crippen molar-refractivity contribution in [1.82, 2.24) is 0 Å². The van der Waals surface area contributed by atoms with Crippen LogP contribution in [0.25, 0.3) is 0 Å². The number of para-hydroxylation sites is 1. The molecule has 1 N–H and O–H groups in total. The van der Waals surface area contributed by atoms with E-state index in [0.29, 0.717) is 5.56 Å². The Bertz CT molecular complexity index is 378. The van der Waals surface area contributed by atoms with E-state index in [1.54, 1.807) is 6.07 Å². The van der Waals surface area contributed by atoms with Crippen LogP contribution in [0.5, 0.6) is 0 Å². The number of benzene rings is 1. The Hall–Kier alpha value is -1.49. The van der Waals surface area contributed by atoms with Crippen LogP contribution >= 0.6 is 0 Å². The van der Waals surface area contributed by atoms with Crippen molar-refractivity contribution < 1.29 is 4.39 Å². The van der Waals surface area contributed by atoms with Gasteiger partial charge in [0, 0.05) is 24.2 Å². The minimum atomic E-state index is -1.04. The van der Waals surface area contributed by atoms with Crippen LogP contribution in [0, 0.1) is 12.3 Å². The van der Waals surface area contributed by atoms with Gasteiger partial charge in [0.2, 0.25) is 0 Å². The number of hydrogen-bond donors (Lipinski definition) is 1. The number of rotatable bonds is 2. The van der Waals surface area contributed by atoms with E-state index in [2.05, 4.69) is 11.2 Å². The van der Waals surface area contributed by atoms with Crippen molar-refractivity contribution in [3.63, 3.8) is 0 Å². The van der Waals surface area contributed by atoms with Crippen molar-refractivity contribution in [2.45, 2.75) is 19.0 Å². The summed E-state index contributed by atoms with van der Waals surface area (Å²) in [4.78, 5) is 0. The molecule has 0 aliphatic carbocycles.